The van der Waals surface area contributed by atoms with Crippen LogP contribution in [0.5, 0.6) is 0 Å². The topological polar surface area (TPSA) is 74.0 Å². The van der Waals surface area contributed by atoms with Crippen molar-refractivity contribution in [2.45, 2.75) is 63.9 Å². The van der Waals surface area contributed by atoms with Crippen LogP contribution in [-0.4, -0.2) is 26.0 Å². The SMILES string of the molecule is CC(C)NCc1cc(S(=O)(=O)NCC2(C)CCCC2)c[nH]1. The molecule has 120 valence electrons. The van der Waals surface area contributed by atoms with Crippen LogP contribution in [0.4, 0.5) is 0 Å². The number of aromatic nitrogens is 1. The Hall–Kier alpha value is -0.850. The molecule has 1 aliphatic carbocycles. The van der Waals surface area contributed by atoms with Gasteiger partial charge in [0.15, 0.2) is 0 Å². The minimum absolute atomic E-state index is 0.116. The van der Waals surface area contributed by atoms with Crippen molar-refractivity contribution in [2.24, 2.45) is 5.41 Å². The summed E-state index contributed by atoms with van der Waals surface area (Å²) in [6.07, 6.45) is 6.18. The summed E-state index contributed by atoms with van der Waals surface area (Å²) in [5, 5.41) is 3.26. The molecule has 1 aromatic heterocycles. The number of rotatable bonds is 7. The first-order valence-electron chi connectivity index (χ1n) is 7.71. The third-order valence-corrected chi connectivity index (χ3v) is 5.61. The molecule has 2 rings (SSSR count). The van der Waals surface area contributed by atoms with E-state index in [0.717, 1.165) is 18.5 Å². The lowest BCUT2D eigenvalue weighted by Crippen LogP contribution is -2.34. The van der Waals surface area contributed by atoms with Gasteiger partial charge in [0.05, 0.1) is 4.90 Å². The van der Waals surface area contributed by atoms with Gasteiger partial charge in [-0.3, -0.25) is 0 Å². The average Bonchev–Trinajstić information content (AvgIpc) is 3.04. The first-order valence-corrected chi connectivity index (χ1v) is 9.19. The lowest BCUT2D eigenvalue weighted by atomic mass is 9.89. The summed E-state index contributed by atoms with van der Waals surface area (Å²) < 4.78 is 27.4. The van der Waals surface area contributed by atoms with E-state index in [1.165, 1.54) is 12.8 Å². The molecule has 0 bridgehead atoms. The van der Waals surface area contributed by atoms with Crippen molar-refractivity contribution in [3.05, 3.63) is 18.0 Å². The third kappa shape index (κ3) is 4.56. The molecule has 1 aromatic rings. The van der Waals surface area contributed by atoms with Gasteiger partial charge in [-0.25, -0.2) is 13.1 Å². The van der Waals surface area contributed by atoms with Crippen LogP contribution in [0.3, 0.4) is 0 Å². The minimum atomic E-state index is -3.41. The number of hydrogen-bond donors (Lipinski definition) is 3. The summed E-state index contributed by atoms with van der Waals surface area (Å²) >= 11 is 0. The van der Waals surface area contributed by atoms with Gasteiger partial charge in [0.2, 0.25) is 10.0 Å². The van der Waals surface area contributed by atoms with Gasteiger partial charge >= 0.3 is 0 Å². The maximum Gasteiger partial charge on any atom is 0.242 e. The zero-order valence-corrected chi connectivity index (χ0v) is 14.0. The first kappa shape index (κ1) is 16.5. The van der Waals surface area contributed by atoms with E-state index in [-0.39, 0.29) is 5.41 Å². The van der Waals surface area contributed by atoms with E-state index in [2.05, 4.69) is 35.8 Å². The molecular weight excluding hydrogens is 286 g/mol. The second-order valence-electron chi connectivity index (χ2n) is 6.74. The second-order valence-corrected chi connectivity index (χ2v) is 8.51. The average molecular weight is 313 g/mol. The van der Waals surface area contributed by atoms with Crippen molar-refractivity contribution in [3.63, 3.8) is 0 Å². The smallest absolute Gasteiger partial charge is 0.242 e. The maximum atomic E-state index is 12.3. The van der Waals surface area contributed by atoms with Gasteiger partial charge in [-0.05, 0) is 24.3 Å². The molecule has 0 saturated heterocycles. The predicted octanol–water partition coefficient (Wildman–Crippen LogP) is 2.37. The van der Waals surface area contributed by atoms with Crippen molar-refractivity contribution in [1.82, 2.24) is 15.0 Å². The molecule has 0 atom stereocenters. The van der Waals surface area contributed by atoms with E-state index in [1.807, 2.05) is 0 Å². The Kier molecular flexibility index (Phi) is 5.11. The Bertz CT molecular complexity index is 557. The quantitative estimate of drug-likeness (QED) is 0.723. The Morgan fingerprint density at radius 1 is 1.33 bits per heavy atom. The van der Waals surface area contributed by atoms with Crippen molar-refractivity contribution in [2.75, 3.05) is 6.54 Å². The van der Waals surface area contributed by atoms with E-state index in [9.17, 15) is 8.42 Å². The van der Waals surface area contributed by atoms with Crippen molar-refractivity contribution in [3.8, 4) is 0 Å². The molecule has 0 aliphatic heterocycles. The Morgan fingerprint density at radius 3 is 2.62 bits per heavy atom. The molecule has 0 spiro atoms. The highest BCUT2D eigenvalue weighted by molar-refractivity contribution is 7.89. The number of hydrogen-bond acceptors (Lipinski definition) is 3. The zero-order valence-electron chi connectivity index (χ0n) is 13.2. The van der Waals surface area contributed by atoms with Crippen LogP contribution < -0.4 is 10.0 Å². The van der Waals surface area contributed by atoms with Gasteiger partial charge in [-0.2, -0.15) is 0 Å². The van der Waals surface area contributed by atoms with E-state index in [0.29, 0.717) is 24.0 Å². The van der Waals surface area contributed by atoms with Crippen LogP contribution in [0, 0.1) is 5.41 Å². The molecule has 6 heteroatoms. The van der Waals surface area contributed by atoms with Gasteiger partial charge in [-0.1, -0.05) is 33.6 Å². The highest BCUT2D eigenvalue weighted by Crippen LogP contribution is 2.36. The van der Waals surface area contributed by atoms with Crippen molar-refractivity contribution < 1.29 is 8.42 Å². The van der Waals surface area contributed by atoms with E-state index in [4.69, 9.17) is 0 Å². The largest absolute Gasteiger partial charge is 0.363 e. The molecule has 1 aliphatic rings. The summed E-state index contributed by atoms with van der Waals surface area (Å²) in [6.45, 7) is 7.46. The van der Waals surface area contributed by atoms with Crippen LogP contribution >= 0.6 is 0 Å². The van der Waals surface area contributed by atoms with Crippen LogP contribution in [0.25, 0.3) is 0 Å². The molecule has 5 nitrogen and oxygen atoms in total. The fourth-order valence-corrected chi connectivity index (χ4v) is 3.96. The summed E-state index contributed by atoms with van der Waals surface area (Å²) in [5.41, 5.74) is 1.00. The zero-order chi connectivity index (χ0) is 15.5. The molecule has 1 fully saturated rings. The lowest BCUT2D eigenvalue weighted by Gasteiger charge is -2.23. The molecule has 0 aromatic carbocycles. The van der Waals surface area contributed by atoms with Crippen LogP contribution in [0.15, 0.2) is 17.2 Å². The Balaban J connectivity index is 1.96. The molecule has 1 saturated carbocycles. The molecule has 1 heterocycles. The number of nitrogens with one attached hydrogen (secondary N) is 3. The van der Waals surface area contributed by atoms with Crippen LogP contribution in [0.1, 0.15) is 52.1 Å². The fraction of sp³-hybridized carbons (Fsp3) is 0.733. The third-order valence-electron chi connectivity index (χ3n) is 4.23. The summed E-state index contributed by atoms with van der Waals surface area (Å²) in [7, 11) is -3.41. The van der Waals surface area contributed by atoms with Crippen LogP contribution in [0.2, 0.25) is 0 Å². The number of H-pyrrole nitrogens is 1. The van der Waals surface area contributed by atoms with Gasteiger partial charge in [0, 0.05) is 31.0 Å². The van der Waals surface area contributed by atoms with Crippen molar-refractivity contribution >= 4 is 10.0 Å². The minimum Gasteiger partial charge on any atom is -0.363 e. The number of sulfonamides is 1. The normalized spacial score (nSPS) is 18.5. The molecule has 0 amide bonds. The highest BCUT2D eigenvalue weighted by atomic mass is 32.2. The van der Waals surface area contributed by atoms with Gasteiger partial charge in [-0.15, -0.1) is 0 Å². The predicted molar refractivity (Wildman–Crippen MR) is 84.5 cm³/mol. The lowest BCUT2D eigenvalue weighted by molar-refractivity contribution is 0.336. The summed E-state index contributed by atoms with van der Waals surface area (Å²) in [5.74, 6) is 0. The highest BCUT2D eigenvalue weighted by Gasteiger charge is 2.30. The molecule has 3 N–H and O–H groups in total. The maximum absolute atomic E-state index is 12.3. The monoisotopic (exact) mass is 313 g/mol. The van der Waals surface area contributed by atoms with Crippen LogP contribution in [-0.2, 0) is 16.6 Å². The molecule has 0 unspecified atom stereocenters. The van der Waals surface area contributed by atoms with E-state index < -0.39 is 10.0 Å². The van der Waals surface area contributed by atoms with E-state index in [1.54, 1.807) is 12.3 Å². The standard InChI is InChI=1S/C15H27N3O2S/c1-12(2)16-9-13-8-14(10-17-13)21(19,20)18-11-15(3)6-4-5-7-15/h8,10,12,16-18H,4-7,9,11H2,1-3H3. The fourth-order valence-electron chi connectivity index (χ4n) is 2.75. The van der Waals surface area contributed by atoms with E-state index >= 15 is 0 Å². The molecule has 0 radical (unpaired) electrons. The Morgan fingerprint density at radius 2 is 2.00 bits per heavy atom. The summed E-state index contributed by atoms with van der Waals surface area (Å²) in [6, 6.07) is 2.07. The second kappa shape index (κ2) is 6.50. The van der Waals surface area contributed by atoms with Gasteiger partial charge < -0.3 is 10.3 Å². The van der Waals surface area contributed by atoms with Gasteiger partial charge in [0.25, 0.3) is 0 Å². The van der Waals surface area contributed by atoms with Crippen molar-refractivity contribution in [1.29, 1.82) is 0 Å². The first-order chi connectivity index (χ1) is 9.81. The molecular formula is C15H27N3O2S. The number of aromatic amines is 1. The van der Waals surface area contributed by atoms with Gasteiger partial charge in [0.1, 0.15) is 0 Å². The molecule has 21 heavy (non-hydrogen) atoms. The Labute approximate surface area is 128 Å². The summed E-state index contributed by atoms with van der Waals surface area (Å²) in [4.78, 5) is 3.35.